The molecule has 0 atom stereocenters. The Kier molecular flexibility index (Phi) is 4.30. The van der Waals surface area contributed by atoms with Gasteiger partial charge in [-0.15, -0.1) is 0 Å². The lowest BCUT2D eigenvalue weighted by Crippen LogP contribution is -2.11. The van der Waals surface area contributed by atoms with Gasteiger partial charge in [-0.1, -0.05) is 42.5 Å². The lowest BCUT2D eigenvalue weighted by atomic mass is 10.1. The number of Topliss-reactive ketones (excluding diaryl/α,β-unsaturated/α-hetero) is 1. The third-order valence-corrected chi connectivity index (χ3v) is 2.65. The number of hydrogen-bond donors (Lipinski definition) is 0. The SMILES string of the molecule is N#CCc1cccc(OCC(=O)c2ccccc2)c1. The summed E-state index contributed by atoms with van der Waals surface area (Å²) in [6.07, 6.45) is 0.337. The first kappa shape index (κ1) is 12.8. The molecule has 0 saturated carbocycles. The van der Waals surface area contributed by atoms with Crippen LogP contribution < -0.4 is 4.74 Å². The fourth-order valence-corrected chi connectivity index (χ4v) is 1.69. The van der Waals surface area contributed by atoms with Crippen molar-refractivity contribution in [2.24, 2.45) is 0 Å². The van der Waals surface area contributed by atoms with Gasteiger partial charge in [-0.2, -0.15) is 5.26 Å². The zero-order chi connectivity index (χ0) is 13.5. The molecule has 0 radical (unpaired) electrons. The molecule has 2 rings (SSSR count). The number of carbonyl (C=O) groups excluding carboxylic acids is 1. The standard InChI is InChI=1S/C16H13NO2/c17-10-9-13-5-4-8-15(11-13)19-12-16(18)14-6-2-1-3-7-14/h1-8,11H,9,12H2. The zero-order valence-electron chi connectivity index (χ0n) is 10.4. The van der Waals surface area contributed by atoms with Crippen LogP contribution in [-0.4, -0.2) is 12.4 Å². The van der Waals surface area contributed by atoms with Gasteiger partial charge in [0.25, 0.3) is 0 Å². The predicted molar refractivity (Wildman–Crippen MR) is 72.0 cm³/mol. The molecule has 0 amide bonds. The number of hydrogen-bond acceptors (Lipinski definition) is 3. The topological polar surface area (TPSA) is 50.1 Å². The Morgan fingerprint density at radius 3 is 2.63 bits per heavy atom. The van der Waals surface area contributed by atoms with Crippen molar-refractivity contribution in [3.63, 3.8) is 0 Å². The lowest BCUT2D eigenvalue weighted by Gasteiger charge is -2.06. The molecule has 0 N–H and O–H groups in total. The fraction of sp³-hybridized carbons (Fsp3) is 0.125. The number of ether oxygens (including phenoxy) is 1. The van der Waals surface area contributed by atoms with Gasteiger partial charge in [0.15, 0.2) is 12.4 Å². The maximum absolute atomic E-state index is 11.9. The third kappa shape index (κ3) is 3.68. The maximum atomic E-state index is 11.9. The summed E-state index contributed by atoms with van der Waals surface area (Å²) in [4.78, 5) is 11.9. The van der Waals surface area contributed by atoms with E-state index in [1.54, 1.807) is 24.3 Å². The highest BCUT2D eigenvalue weighted by molar-refractivity contribution is 5.97. The van der Waals surface area contributed by atoms with Crippen LogP contribution in [-0.2, 0) is 6.42 Å². The van der Waals surface area contributed by atoms with Crippen molar-refractivity contribution >= 4 is 5.78 Å². The molecule has 2 aromatic rings. The minimum Gasteiger partial charge on any atom is -0.485 e. The van der Waals surface area contributed by atoms with Crippen LogP contribution in [0, 0.1) is 11.3 Å². The summed E-state index contributed by atoms with van der Waals surface area (Å²) >= 11 is 0. The lowest BCUT2D eigenvalue weighted by molar-refractivity contribution is 0.0921. The molecule has 0 saturated heterocycles. The van der Waals surface area contributed by atoms with Crippen LogP contribution in [0.15, 0.2) is 54.6 Å². The largest absolute Gasteiger partial charge is 0.485 e. The Morgan fingerprint density at radius 2 is 1.89 bits per heavy atom. The molecule has 0 spiro atoms. The van der Waals surface area contributed by atoms with Crippen molar-refractivity contribution in [3.8, 4) is 11.8 Å². The van der Waals surface area contributed by atoms with E-state index < -0.39 is 0 Å². The van der Waals surface area contributed by atoms with E-state index in [2.05, 4.69) is 6.07 Å². The first-order valence-electron chi connectivity index (χ1n) is 5.96. The Morgan fingerprint density at radius 1 is 1.11 bits per heavy atom. The van der Waals surface area contributed by atoms with Gasteiger partial charge in [0, 0.05) is 5.56 Å². The fourth-order valence-electron chi connectivity index (χ4n) is 1.69. The van der Waals surface area contributed by atoms with Gasteiger partial charge < -0.3 is 4.74 Å². The minimum absolute atomic E-state index is 0.0000201. The molecule has 19 heavy (non-hydrogen) atoms. The molecule has 0 bridgehead atoms. The smallest absolute Gasteiger partial charge is 0.200 e. The summed E-state index contributed by atoms with van der Waals surface area (Å²) in [5.41, 5.74) is 1.52. The Balaban J connectivity index is 1.97. The van der Waals surface area contributed by atoms with E-state index in [9.17, 15) is 4.79 Å². The van der Waals surface area contributed by atoms with Gasteiger partial charge in [-0.25, -0.2) is 0 Å². The highest BCUT2D eigenvalue weighted by Gasteiger charge is 2.06. The molecule has 0 aliphatic rings. The van der Waals surface area contributed by atoms with Gasteiger partial charge >= 0.3 is 0 Å². The van der Waals surface area contributed by atoms with Crippen molar-refractivity contribution in [2.75, 3.05) is 6.61 Å². The van der Waals surface area contributed by atoms with E-state index in [-0.39, 0.29) is 12.4 Å². The van der Waals surface area contributed by atoms with E-state index in [4.69, 9.17) is 10.00 Å². The van der Waals surface area contributed by atoms with Crippen LogP contribution in [0.2, 0.25) is 0 Å². The molecule has 0 aliphatic carbocycles. The van der Waals surface area contributed by atoms with Gasteiger partial charge in [0.05, 0.1) is 12.5 Å². The minimum atomic E-state index is -0.0636. The van der Waals surface area contributed by atoms with Crippen molar-refractivity contribution in [1.82, 2.24) is 0 Å². The summed E-state index contributed by atoms with van der Waals surface area (Å²) in [6.45, 7) is 0.0000201. The molecule has 2 aromatic carbocycles. The predicted octanol–water partition coefficient (Wildman–Crippen LogP) is 3.01. The van der Waals surface area contributed by atoms with E-state index in [0.717, 1.165) is 5.56 Å². The van der Waals surface area contributed by atoms with Crippen molar-refractivity contribution in [2.45, 2.75) is 6.42 Å². The van der Waals surface area contributed by atoms with Gasteiger partial charge in [0.1, 0.15) is 5.75 Å². The summed E-state index contributed by atoms with van der Waals surface area (Å²) in [7, 11) is 0. The summed E-state index contributed by atoms with van der Waals surface area (Å²) in [6, 6.07) is 18.3. The van der Waals surface area contributed by atoms with Crippen LogP contribution in [0.5, 0.6) is 5.75 Å². The quantitative estimate of drug-likeness (QED) is 0.767. The molecule has 94 valence electrons. The second-order valence-corrected chi connectivity index (χ2v) is 4.06. The van der Waals surface area contributed by atoms with Crippen LogP contribution in [0.25, 0.3) is 0 Å². The van der Waals surface area contributed by atoms with E-state index in [1.165, 1.54) is 0 Å². The van der Waals surface area contributed by atoms with Gasteiger partial charge in [0.2, 0.25) is 0 Å². The van der Waals surface area contributed by atoms with Gasteiger partial charge in [-0.3, -0.25) is 4.79 Å². The number of ketones is 1. The van der Waals surface area contributed by atoms with E-state index >= 15 is 0 Å². The molecular formula is C16H13NO2. The number of nitriles is 1. The van der Waals surface area contributed by atoms with Crippen LogP contribution in [0.3, 0.4) is 0 Å². The summed E-state index contributed by atoms with van der Waals surface area (Å²) in [5, 5.41) is 8.63. The molecule has 0 fully saturated rings. The number of carbonyl (C=O) groups is 1. The van der Waals surface area contributed by atoms with Crippen LogP contribution in [0.4, 0.5) is 0 Å². The highest BCUT2D eigenvalue weighted by Crippen LogP contribution is 2.14. The first-order valence-corrected chi connectivity index (χ1v) is 5.96. The van der Waals surface area contributed by atoms with Crippen LogP contribution >= 0.6 is 0 Å². The van der Waals surface area contributed by atoms with Crippen molar-refractivity contribution < 1.29 is 9.53 Å². The zero-order valence-corrected chi connectivity index (χ0v) is 10.4. The number of benzene rings is 2. The van der Waals surface area contributed by atoms with Crippen molar-refractivity contribution in [1.29, 1.82) is 5.26 Å². The monoisotopic (exact) mass is 251 g/mol. The van der Waals surface area contributed by atoms with Crippen LogP contribution in [0.1, 0.15) is 15.9 Å². The summed E-state index contributed by atoms with van der Waals surface area (Å²) in [5.74, 6) is 0.545. The number of rotatable bonds is 5. The average Bonchev–Trinajstić information content (AvgIpc) is 2.46. The molecular weight excluding hydrogens is 238 g/mol. The molecule has 3 nitrogen and oxygen atoms in total. The normalized spacial score (nSPS) is 9.63. The molecule has 0 aromatic heterocycles. The Labute approximate surface area is 112 Å². The van der Waals surface area contributed by atoms with Crippen molar-refractivity contribution in [3.05, 3.63) is 65.7 Å². The molecule has 0 unspecified atom stereocenters. The second-order valence-electron chi connectivity index (χ2n) is 4.06. The summed E-state index contributed by atoms with van der Waals surface area (Å²) < 4.78 is 5.45. The number of nitrogens with zero attached hydrogens (tertiary/aromatic N) is 1. The third-order valence-electron chi connectivity index (χ3n) is 2.65. The first-order chi connectivity index (χ1) is 9.29. The second kappa shape index (κ2) is 6.36. The molecule has 0 heterocycles. The van der Waals surface area contributed by atoms with Gasteiger partial charge in [-0.05, 0) is 17.7 Å². The molecule has 3 heteroatoms. The average molecular weight is 251 g/mol. The molecule has 0 aliphatic heterocycles. The Hall–Kier alpha value is -2.60. The Bertz CT molecular complexity index is 600. The maximum Gasteiger partial charge on any atom is 0.200 e. The highest BCUT2D eigenvalue weighted by atomic mass is 16.5. The van der Waals surface area contributed by atoms with E-state index in [0.29, 0.717) is 17.7 Å². The van der Waals surface area contributed by atoms with E-state index in [1.807, 2.05) is 30.3 Å².